The number of halogens is 3. The molecule has 1 aromatic carbocycles. The van der Waals surface area contributed by atoms with E-state index in [9.17, 15) is 18.0 Å². The van der Waals surface area contributed by atoms with E-state index in [1.54, 1.807) is 12.1 Å². The van der Waals surface area contributed by atoms with E-state index in [1.807, 2.05) is 4.90 Å². The van der Waals surface area contributed by atoms with Crippen molar-refractivity contribution in [1.82, 2.24) is 10.2 Å². The molecule has 3 rings (SSSR count). The second kappa shape index (κ2) is 10.4. The normalized spacial score (nSPS) is 19.0. The maximum Gasteiger partial charge on any atom is 0.422 e. The highest BCUT2D eigenvalue weighted by Crippen LogP contribution is 2.30. The van der Waals surface area contributed by atoms with Gasteiger partial charge < -0.3 is 19.7 Å². The summed E-state index contributed by atoms with van der Waals surface area (Å²) in [5.41, 5.74) is 0.909. The summed E-state index contributed by atoms with van der Waals surface area (Å²) in [5.74, 6) is 0.903. The standard InChI is InChI=1S/C22H31F3N2O3/c1-29-20-13-16(7-8-19(20)30-15-22(23,24)25)14-26-18-9-11-27(12-10-18)21(28)17-5-3-2-4-6-17/h7-8,13,17-18,26H,2-6,9-12,14-15H2,1H3. The predicted octanol–water partition coefficient (Wildman–Crippen LogP) is 4.30. The van der Waals surface area contributed by atoms with Crippen molar-refractivity contribution in [1.29, 1.82) is 0 Å². The number of carbonyl (C=O) groups excluding carboxylic acids is 1. The maximum absolute atomic E-state index is 12.7. The van der Waals surface area contributed by atoms with E-state index in [0.717, 1.165) is 57.2 Å². The van der Waals surface area contributed by atoms with E-state index in [-0.39, 0.29) is 17.4 Å². The number of likely N-dealkylation sites (tertiary alicyclic amines) is 1. The summed E-state index contributed by atoms with van der Waals surface area (Å²) in [7, 11) is 1.41. The van der Waals surface area contributed by atoms with Gasteiger partial charge in [0.15, 0.2) is 18.1 Å². The average Bonchev–Trinajstić information content (AvgIpc) is 2.76. The molecule has 1 saturated heterocycles. The van der Waals surface area contributed by atoms with Gasteiger partial charge in [0.2, 0.25) is 5.91 Å². The molecule has 2 aliphatic rings. The van der Waals surface area contributed by atoms with Crippen molar-refractivity contribution in [3.8, 4) is 11.5 Å². The predicted molar refractivity (Wildman–Crippen MR) is 108 cm³/mol. The highest BCUT2D eigenvalue weighted by Gasteiger charge is 2.30. The molecule has 8 heteroatoms. The molecule has 1 aliphatic carbocycles. The summed E-state index contributed by atoms with van der Waals surface area (Å²) < 4.78 is 47.1. The van der Waals surface area contributed by atoms with E-state index in [4.69, 9.17) is 9.47 Å². The van der Waals surface area contributed by atoms with E-state index in [0.29, 0.717) is 18.5 Å². The van der Waals surface area contributed by atoms with Crippen molar-refractivity contribution in [3.05, 3.63) is 23.8 Å². The number of alkyl halides is 3. The third-order valence-corrected chi connectivity index (χ3v) is 5.98. The average molecular weight is 428 g/mol. The molecule has 0 bridgehead atoms. The van der Waals surface area contributed by atoms with Crippen LogP contribution in [0.2, 0.25) is 0 Å². The van der Waals surface area contributed by atoms with Crippen molar-refractivity contribution in [3.63, 3.8) is 0 Å². The van der Waals surface area contributed by atoms with Crippen LogP contribution in [-0.4, -0.2) is 49.8 Å². The lowest BCUT2D eigenvalue weighted by Crippen LogP contribution is -2.46. The highest BCUT2D eigenvalue weighted by molar-refractivity contribution is 5.79. The minimum Gasteiger partial charge on any atom is -0.493 e. The van der Waals surface area contributed by atoms with Gasteiger partial charge >= 0.3 is 6.18 Å². The molecule has 1 aromatic rings. The number of carbonyl (C=O) groups is 1. The number of piperidine rings is 1. The molecule has 1 aliphatic heterocycles. The maximum atomic E-state index is 12.7. The first-order valence-electron chi connectivity index (χ1n) is 10.7. The van der Waals surface area contributed by atoms with Crippen molar-refractivity contribution in [2.75, 3.05) is 26.8 Å². The first-order valence-corrected chi connectivity index (χ1v) is 10.7. The Morgan fingerprint density at radius 3 is 2.43 bits per heavy atom. The molecule has 5 nitrogen and oxygen atoms in total. The van der Waals surface area contributed by atoms with Crippen molar-refractivity contribution >= 4 is 5.91 Å². The molecule has 168 valence electrons. The zero-order chi connectivity index (χ0) is 21.6. The van der Waals surface area contributed by atoms with Gasteiger partial charge in [-0.15, -0.1) is 0 Å². The molecule has 1 saturated carbocycles. The number of hydrogen-bond donors (Lipinski definition) is 1. The van der Waals surface area contributed by atoms with Gasteiger partial charge in [-0.2, -0.15) is 13.2 Å². The highest BCUT2D eigenvalue weighted by atomic mass is 19.4. The van der Waals surface area contributed by atoms with Crippen LogP contribution in [0, 0.1) is 5.92 Å². The minimum atomic E-state index is -4.39. The number of hydrogen-bond acceptors (Lipinski definition) is 4. The fraction of sp³-hybridized carbons (Fsp3) is 0.682. The summed E-state index contributed by atoms with van der Waals surface area (Å²) >= 11 is 0. The quantitative estimate of drug-likeness (QED) is 0.704. The number of nitrogens with zero attached hydrogens (tertiary/aromatic N) is 1. The van der Waals surface area contributed by atoms with Crippen LogP contribution in [0.1, 0.15) is 50.5 Å². The van der Waals surface area contributed by atoms with E-state index < -0.39 is 12.8 Å². The Morgan fingerprint density at radius 2 is 1.80 bits per heavy atom. The SMILES string of the molecule is COc1cc(CNC2CCN(C(=O)C3CCCCC3)CC2)ccc1OCC(F)(F)F. The molecule has 0 radical (unpaired) electrons. The van der Waals surface area contributed by atoms with Crippen molar-refractivity contribution < 1.29 is 27.4 Å². The number of ether oxygens (including phenoxy) is 2. The second-order valence-corrected chi connectivity index (χ2v) is 8.20. The molecular weight excluding hydrogens is 397 g/mol. The lowest BCUT2D eigenvalue weighted by Gasteiger charge is -2.35. The molecule has 2 fully saturated rings. The molecule has 0 atom stereocenters. The van der Waals surface area contributed by atoms with Gasteiger partial charge in [0.25, 0.3) is 0 Å². The monoisotopic (exact) mass is 428 g/mol. The van der Waals surface area contributed by atoms with E-state index in [1.165, 1.54) is 19.6 Å². The van der Waals surface area contributed by atoms with Crippen LogP contribution in [0.25, 0.3) is 0 Å². The lowest BCUT2D eigenvalue weighted by atomic mass is 9.87. The van der Waals surface area contributed by atoms with Crippen molar-refractivity contribution in [2.24, 2.45) is 5.92 Å². The first kappa shape index (κ1) is 22.7. The van der Waals surface area contributed by atoms with E-state index in [2.05, 4.69) is 5.32 Å². The molecule has 0 spiro atoms. The van der Waals surface area contributed by atoms with Gasteiger partial charge in [-0.3, -0.25) is 4.79 Å². The Hall–Kier alpha value is -1.96. The van der Waals surface area contributed by atoms with Gasteiger partial charge in [0.1, 0.15) is 0 Å². The van der Waals surface area contributed by atoms with Crippen LogP contribution in [0.4, 0.5) is 13.2 Å². The Labute approximate surface area is 175 Å². The lowest BCUT2D eigenvalue weighted by molar-refractivity contribution is -0.153. The van der Waals surface area contributed by atoms with E-state index >= 15 is 0 Å². The Bertz CT molecular complexity index is 697. The molecule has 1 amide bonds. The Morgan fingerprint density at radius 1 is 1.10 bits per heavy atom. The third kappa shape index (κ3) is 6.52. The zero-order valence-corrected chi connectivity index (χ0v) is 17.5. The molecule has 30 heavy (non-hydrogen) atoms. The van der Waals surface area contributed by atoms with Gasteiger partial charge in [-0.05, 0) is 43.4 Å². The molecular formula is C22H31F3N2O3. The van der Waals surface area contributed by atoms with Gasteiger partial charge in [-0.25, -0.2) is 0 Å². The summed E-state index contributed by atoms with van der Waals surface area (Å²) in [6.45, 7) is 0.789. The summed E-state index contributed by atoms with van der Waals surface area (Å²) in [5, 5.41) is 3.49. The number of methoxy groups -OCH3 is 1. The molecule has 0 unspecified atom stereocenters. The first-order chi connectivity index (χ1) is 14.4. The molecule has 1 heterocycles. The van der Waals surface area contributed by atoms with Gasteiger partial charge in [-0.1, -0.05) is 25.3 Å². The Balaban J connectivity index is 1.45. The van der Waals surface area contributed by atoms with Crippen LogP contribution < -0.4 is 14.8 Å². The van der Waals surface area contributed by atoms with Crippen LogP contribution >= 0.6 is 0 Å². The third-order valence-electron chi connectivity index (χ3n) is 5.98. The summed E-state index contributed by atoms with van der Waals surface area (Å²) in [4.78, 5) is 14.7. The summed E-state index contributed by atoms with van der Waals surface area (Å²) in [6, 6.07) is 5.25. The van der Waals surface area contributed by atoms with Crippen LogP contribution in [0.15, 0.2) is 18.2 Å². The fourth-order valence-electron chi connectivity index (χ4n) is 4.27. The van der Waals surface area contributed by atoms with Gasteiger partial charge in [0.05, 0.1) is 7.11 Å². The van der Waals surface area contributed by atoms with Crippen LogP contribution in [-0.2, 0) is 11.3 Å². The number of amides is 1. The number of benzene rings is 1. The fourth-order valence-corrected chi connectivity index (χ4v) is 4.27. The van der Waals surface area contributed by atoms with Gasteiger partial charge in [0, 0.05) is 31.6 Å². The molecule has 1 N–H and O–H groups in total. The smallest absolute Gasteiger partial charge is 0.422 e. The largest absolute Gasteiger partial charge is 0.493 e. The van der Waals surface area contributed by atoms with Crippen LogP contribution in [0.5, 0.6) is 11.5 Å². The summed E-state index contributed by atoms with van der Waals surface area (Å²) in [6.07, 6.45) is 3.05. The topological polar surface area (TPSA) is 50.8 Å². The van der Waals surface area contributed by atoms with Crippen molar-refractivity contribution in [2.45, 2.75) is 63.7 Å². The second-order valence-electron chi connectivity index (χ2n) is 8.20. The Kier molecular flexibility index (Phi) is 7.86. The number of nitrogens with one attached hydrogen (secondary N) is 1. The molecule has 0 aromatic heterocycles. The zero-order valence-electron chi connectivity index (χ0n) is 17.5. The minimum absolute atomic E-state index is 0.0770. The number of rotatable bonds is 7. The van der Waals surface area contributed by atoms with Crippen LogP contribution in [0.3, 0.4) is 0 Å².